The highest BCUT2D eigenvalue weighted by molar-refractivity contribution is 5.94. The van der Waals surface area contributed by atoms with Gasteiger partial charge in [-0.1, -0.05) is 42.5 Å². The first-order valence-corrected chi connectivity index (χ1v) is 11.0. The number of pyridine rings is 1. The van der Waals surface area contributed by atoms with Gasteiger partial charge in [-0.05, 0) is 42.4 Å². The Balaban J connectivity index is 1.53. The van der Waals surface area contributed by atoms with Crippen molar-refractivity contribution in [3.63, 3.8) is 0 Å². The predicted octanol–water partition coefficient (Wildman–Crippen LogP) is 4.99. The first kappa shape index (κ1) is 21.1. The monoisotopic (exact) mass is 438 g/mol. The van der Waals surface area contributed by atoms with Gasteiger partial charge in [-0.2, -0.15) is 0 Å². The summed E-state index contributed by atoms with van der Waals surface area (Å²) >= 11 is 0. The lowest BCUT2D eigenvalue weighted by molar-refractivity contribution is 0.146. The highest BCUT2D eigenvalue weighted by Gasteiger charge is 2.11. The zero-order valence-electron chi connectivity index (χ0n) is 18.8. The van der Waals surface area contributed by atoms with Crippen molar-refractivity contribution in [1.82, 2.24) is 19.9 Å². The van der Waals surface area contributed by atoms with E-state index >= 15 is 0 Å². The molecule has 6 nitrogen and oxygen atoms in total. The molecule has 0 unspecified atom stereocenters. The quantitative estimate of drug-likeness (QED) is 0.346. The predicted molar refractivity (Wildman–Crippen MR) is 132 cm³/mol. The summed E-state index contributed by atoms with van der Waals surface area (Å²) in [4.78, 5) is 9.63. The SMILES string of the molecule is CNCc1ccc(-c2cccc3ccc(-n4cnc5cc(OCCOC)ccc54)nc23)cc1. The van der Waals surface area contributed by atoms with Crippen LogP contribution in [-0.4, -0.2) is 41.9 Å². The molecular weight excluding hydrogens is 412 g/mol. The van der Waals surface area contributed by atoms with Gasteiger partial charge in [0.25, 0.3) is 0 Å². The normalized spacial score (nSPS) is 11.3. The van der Waals surface area contributed by atoms with E-state index in [-0.39, 0.29) is 0 Å². The van der Waals surface area contributed by atoms with Gasteiger partial charge in [-0.15, -0.1) is 0 Å². The van der Waals surface area contributed by atoms with Crippen LogP contribution < -0.4 is 10.1 Å². The Bertz CT molecular complexity index is 1390. The lowest BCUT2D eigenvalue weighted by atomic mass is 10.0. The molecule has 33 heavy (non-hydrogen) atoms. The fourth-order valence-corrected chi connectivity index (χ4v) is 4.02. The maximum absolute atomic E-state index is 5.72. The summed E-state index contributed by atoms with van der Waals surface area (Å²) < 4.78 is 12.8. The first-order valence-electron chi connectivity index (χ1n) is 11.0. The number of aromatic nitrogens is 3. The Morgan fingerprint density at radius 1 is 0.939 bits per heavy atom. The molecule has 3 aromatic carbocycles. The van der Waals surface area contributed by atoms with E-state index in [2.05, 4.69) is 58.8 Å². The Kier molecular flexibility index (Phi) is 6.02. The number of fused-ring (bicyclic) bond motifs is 2. The molecule has 0 amide bonds. The maximum Gasteiger partial charge on any atom is 0.139 e. The summed E-state index contributed by atoms with van der Waals surface area (Å²) in [5, 5.41) is 4.30. The number of hydrogen-bond donors (Lipinski definition) is 1. The van der Waals surface area contributed by atoms with Gasteiger partial charge >= 0.3 is 0 Å². The van der Waals surface area contributed by atoms with Crippen molar-refractivity contribution >= 4 is 21.9 Å². The molecule has 0 aliphatic rings. The Morgan fingerprint density at radius 3 is 2.64 bits per heavy atom. The summed E-state index contributed by atoms with van der Waals surface area (Å²) in [6, 6.07) is 25.0. The fourth-order valence-electron chi connectivity index (χ4n) is 4.02. The second kappa shape index (κ2) is 9.40. The molecule has 166 valence electrons. The molecule has 0 saturated heterocycles. The number of imidazole rings is 1. The third-order valence-electron chi connectivity index (χ3n) is 5.67. The molecule has 0 aliphatic carbocycles. The third kappa shape index (κ3) is 4.31. The van der Waals surface area contributed by atoms with E-state index in [1.165, 1.54) is 5.56 Å². The van der Waals surface area contributed by atoms with Crippen molar-refractivity contribution in [2.75, 3.05) is 27.4 Å². The van der Waals surface area contributed by atoms with E-state index in [0.29, 0.717) is 13.2 Å². The molecule has 2 aromatic heterocycles. The van der Waals surface area contributed by atoms with E-state index in [0.717, 1.165) is 51.2 Å². The molecule has 0 fully saturated rings. The van der Waals surface area contributed by atoms with Crippen molar-refractivity contribution < 1.29 is 9.47 Å². The van der Waals surface area contributed by atoms with Crippen LogP contribution in [0, 0.1) is 0 Å². The lowest BCUT2D eigenvalue weighted by Gasteiger charge is -2.10. The van der Waals surface area contributed by atoms with E-state index in [9.17, 15) is 0 Å². The van der Waals surface area contributed by atoms with E-state index < -0.39 is 0 Å². The van der Waals surface area contributed by atoms with Crippen LogP contribution in [0.15, 0.2) is 79.1 Å². The van der Waals surface area contributed by atoms with Crippen molar-refractivity contribution in [3.8, 4) is 22.7 Å². The number of hydrogen-bond acceptors (Lipinski definition) is 5. The molecule has 5 rings (SSSR count). The Labute approximate surface area is 192 Å². The third-order valence-corrected chi connectivity index (χ3v) is 5.67. The van der Waals surface area contributed by atoms with Crippen LogP contribution in [0.1, 0.15) is 5.56 Å². The van der Waals surface area contributed by atoms with Gasteiger partial charge in [0.05, 0.1) is 23.2 Å². The summed E-state index contributed by atoms with van der Waals surface area (Å²) in [6.45, 7) is 1.91. The smallest absolute Gasteiger partial charge is 0.139 e. The average molecular weight is 439 g/mol. The number of rotatable bonds is 8. The lowest BCUT2D eigenvalue weighted by Crippen LogP contribution is -2.04. The zero-order valence-corrected chi connectivity index (χ0v) is 18.8. The molecule has 0 bridgehead atoms. The van der Waals surface area contributed by atoms with Crippen LogP contribution in [0.3, 0.4) is 0 Å². The number of nitrogens with one attached hydrogen (secondary N) is 1. The highest BCUT2D eigenvalue weighted by Crippen LogP contribution is 2.29. The number of ether oxygens (including phenoxy) is 2. The molecule has 1 N–H and O–H groups in total. The molecule has 0 saturated carbocycles. The molecule has 6 heteroatoms. The van der Waals surface area contributed by atoms with Gasteiger partial charge in [0.2, 0.25) is 0 Å². The summed E-state index contributed by atoms with van der Waals surface area (Å²) in [6.07, 6.45) is 1.81. The van der Waals surface area contributed by atoms with Crippen molar-refractivity contribution in [3.05, 3.63) is 84.7 Å². The minimum atomic E-state index is 0.508. The molecule has 2 heterocycles. The van der Waals surface area contributed by atoms with Gasteiger partial charge in [-0.3, -0.25) is 4.57 Å². The van der Waals surface area contributed by atoms with E-state index in [1.807, 2.05) is 42.2 Å². The Hall–Kier alpha value is -3.74. The Morgan fingerprint density at radius 2 is 1.82 bits per heavy atom. The van der Waals surface area contributed by atoms with Gasteiger partial charge < -0.3 is 14.8 Å². The summed E-state index contributed by atoms with van der Waals surface area (Å²) in [5.74, 6) is 1.61. The highest BCUT2D eigenvalue weighted by atomic mass is 16.5. The number of methoxy groups -OCH3 is 1. The van der Waals surface area contributed by atoms with Crippen molar-refractivity contribution in [2.24, 2.45) is 0 Å². The number of benzene rings is 3. The van der Waals surface area contributed by atoms with Crippen LogP contribution in [0.5, 0.6) is 5.75 Å². The number of para-hydroxylation sites is 1. The van der Waals surface area contributed by atoms with E-state index in [1.54, 1.807) is 7.11 Å². The average Bonchev–Trinajstić information content (AvgIpc) is 3.28. The minimum Gasteiger partial charge on any atom is -0.491 e. The maximum atomic E-state index is 5.72. The van der Waals surface area contributed by atoms with Crippen molar-refractivity contribution in [2.45, 2.75) is 6.54 Å². The summed E-state index contributed by atoms with van der Waals surface area (Å²) in [7, 11) is 3.62. The van der Waals surface area contributed by atoms with Gasteiger partial charge in [0, 0.05) is 30.7 Å². The minimum absolute atomic E-state index is 0.508. The number of nitrogens with zero attached hydrogens (tertiary/aromatic N) is 3. The van der Waals surface area contributed by atoms with Crippen molar-refractivity contribution in [1.29, 1.82) is 0 Å². The van der Waals surface area contributed by atoms with Gasteiger partial charge in [-0.25, -0.2) is 9.97 Å². The van der Waals surface area contributed by atoms with Crippen LogP contribution in [0.25, 0.3) is 38.9 Å². The topological polar surface area (TPSA) is 61.2 Å². The molecule has 0 spiro atoms. The molecule has 0 aliphatic heterocycles. The largest absolute Gasteiger partial charge is 0.491 e. The van der Waals surface area contributed by atoms with E-state index in [4.69, 9.17) is 14.5 Å². The van der Waals surface area contributed by atoms with Gasteiger partial charge in [0.15, 0.2) is 0 Å². The molecule has 0 atom stereocenters. The first-order chi connectivity index (χ1) is 16.3. The van der Waals surface area contributed by atoms with Crippen LogP contribution in [0.4, 0.5) is 0 Å². The second-order valence-corrected chi connectivity index (χ2v) is 7.88. The van der Waals surface area contributed by atoms with Crippen LogP contribution in [0.2, 0.25) is 0 Å². The summed E-state index contributed by atoms with van der Waals surface area (Å²) in [5.41, 5.74) is 6.33. The zero-order chi connectivity index (χ0) is 22.6. The molecule has 5 aromatic rings. The van der Waals surface area contributed by atoms with Crippen LogP contribution >= 0.6 is 0 Å². The second-order valence-electron chi connectivity index (χ2n) is 7.88. The molecule has 0 radical (unpaired) electrons. The standard InChI is InChI=1S/C27H26N4O2/c1-28-17-19-6-8-20(9-7-19)23-5-3-4-21-10-13-26(30-27(21)23)31-18-29-24-16-22(11-12-25(24)31)33-15-14-32-2/h3-13,16,18,28H,14-15,17H2,1-2H3. The van der Waals surface area contributed by atoms with Crippen LogP contribution in [-0.2, 0) is 11.3 Å². The fraction of sp³-hybridized carbons (Fsp3) is 0.185. The molecular formula is C27H26N4O2. The van der Waals surface area contributed by atoms with Gasteiger partial charge in [0.1, 0.15) is 24.5 Å².